The maximum atomic E-state index is 12.1. The first kappa shape index (κ1) is 16.2. The summed E-state index contributed by atoms with van der Waals surface area (Å²) in [7, 11) is -3.54. The van der Waals surface area contributed by atoms with Crippen LogP contribution in [0.2, 0.25) is 0 Å². The number of hydrogen-bond acceptors (Lipinski definition) is 3. The lowest BCUT2D eigenvalue weighted by molar-refractivity contribution is 0.169. The van der Waals surface area contributed by atoms with Crippen molar-refractivity contribution in [3.63, 3.8) is 0 Å². The monoisotopic (exact) mass is 369 g/mol. The van der Waals surface area contributed by atoms with E-state index in [1.54, 1.807) is 12.1 Å². The van der Waals surface area contributed by atoms with Crippen LogP contribution in [0.1, 0.15) is 18.1 Å². The van der Waals surface area contributed by atoms with Gasteiger partial charge in [-0.25, -0.2) is 13.1 Å². The third-order valence-electron chi connectivity index (χ3n) is 3.02. The average molecular weight is 370 g/mol. The first-order valence-electron chi connectivity index (χ1n) is 6.47. The first-order valence-corrected chi connectivity index (χ1v) is 8.75. The Kier molecular flexibility index (Phi) is 5.52. The second kappa shape index (κ2) is 7.17. The smallest absolute Gasteiger partial charge is 0.240 e. The molecule has 0 aliphatic rings. The first-order chi connectivity index (χ1) is 9.99. The molecule has 21 heavy (non-hydrogen) atoms. The van der Waals surface area contributed by atoms with Gasteiger partial charge in [0.1, 0.15) is 0 Å². The second-order valence-corrected chi connectivity index (χ2v) is 7.25. The number of sulfonamides is 1. The molecule has 0 aliphatic carbocycles. The van der Waals surface area contributed by atoms with E-state index in [2.05, 4.69) is 20.7 Å². The minimum absolute atomic E-state index is 0.175. The van der Waals surface area contributed by atoms with E-state index in [1.165, 1.54) is 12.1 Å². The van der Waals surface area contributed by atoms with Crippen molar-refractivity contribution in [2.24, 2.45) is 0 Å². The number of benzene rings is 2. The summed E-state index contributed by atoms with van der Waals surface area (Å²) in [5, 5.41) is 9.98. The summed E-state index contributed by atoms with van der Waals surface area (Å²) in [4.78, 5) is 0.208. The highest BCUT2D eigenvalue weighted by Gasteiger charge is 2.14. The van der Waals surface area contributed by atoms with Crippen molar-refractivity contribution in [1.82, 2.24) is 4.72 Å². The van der Waals surface area contributed by atoms with E-state index in [1.807, 2.05) is 30.3 Å². The molecule has 2 N–H and O–H groups in total. The third kappa shape index (κ3) is 4.64. The van der Waals surface area contributed by atoms with Crippen LogP contribution in [0.15, 0.2) is 64.0 Å². The van der Waals surface area contributed by atoms with Crippen LogP contribution in [0.4, 0.5) is 0 Å². The van der Waals surface area contributed by atoms with Crippen molar-refractivity contribution in [2.75, 3.05) is 6.54 Å². The number of aliphatic hydroxyl groups is 1. The molecule has 2 rings (SSSR count). The lowest BCUT2D eigenvalue weighted by Crippen LogP contribution is -2.25. The fourth-order valence-electron chi connectivity index (χ4n) is 1.87. The van der Waals surface area contributed by atoms with Gasteiger partial charge in [0.2, 0.25) is 10.0 Å². The van der Waals surface area contributed by atoms with Gasteiger partial charge in [0.25, 0.3) is 0 Å². The van der Waals surface area contributed by atoms with Crippen molar-refractivity contribution in [1.29, 1.82) is 0 Å². The summed E-state index contributed by atoms with van der Waals surface area (Å²) in [5.41, 5.74) is 0.778. The van der Waals surface area contributed by atoms with Crippen LogP contribution in [0.25, 0.3) is 0 Å². The number of nitrogens with one attached hydrogen (secondary N) is 1. The maximum absolute atomic E-state index is 12.1. The second-order valence-electron chi connectivity index (χ2n) is 4.57. The van der Waals surface area contributed by atoms with Crippen LogP contribution >= 0.6 is 15.9 Å². The number of rotatable bonds is 6. The molecule has 0 aromatic heterocycles. The molecule has 6 heteroatoms. The predicted molar refractivity (Wildman–Crippen MR) is 85.3 cm³/mol. The maximum Gasteiger partial charge on any atom is 0.240 e. The van der Waals surface area contributed by atoms with E-state index >= 15 is 0 Å². The fourth-order valence-corrected chi connectivity index (χ4v) is 3.18. The number of aliphatic hydroxyl groups excluding tert-OH is 1. The molecule has 0 saturated heterocycles. The molecule has 0 heterocycles. The average Bonchev–Trinajstić information content (AvgIpc) is 2.48. The van der Waals surface area contributed by atoms with Crippen molar-refractivity contribution < 1.29 is 13.5 Å². The highest BCUT2D eigenvalue weighted by atomic mass is 79.9. The molecule has 0 bridgehead atoms. The van der Waals surface area contributed by atoms with Crippen molar-refractivity contribution in [3.05, 3.63) is 64.6 Å². The summed E-state index contributed by atoms with van der Waals surface area (Å²) in [5.74, 6) is 0. The molecule has 1 unspecified atom stereocenters. The van der Waals surface area contributed by atoms with Gasteiger partial charge in [0.15, 0.2) is 0 Å². The molecule has 0 fully saturated rings. The Balaban J connectivity index is 1.92. The van der Waals surface area contributed by atoms with Gasteiger partial charge in [-0.1, -0.05) is 46.3 Å². The van der Waals surface area contributed by atoms with Gasteiger partial charge in [-0.2, -0.15) is 0 Å². The van der Waals surface area contributed by atoms with Crippen molar-refractivity contribution in [2.45, 2.75) is 17.4 Å². The molecule has 0 aliphatic heterocycles. The van der Waals surface area contributed by atoms with Gasteiger partial charge in [-0.15, -0.1) is 0 Å². The summed E-state index contributed by atoms with van der Waals surface area (Å²) in [6, 6.07) is 15.6. The van der Waals surface area contributed by atoms with E-state index < -0.39 is 16.1 Å². The largest absolute Gasteiger partial charge is 0.388 e. The SMILES string of the molecule is O=S(=O)(NCCC(O)c1ccccc1)c1ccc(Br)cc1. The Labute approximate surface area is 133 Å². The zero-order valence-corrected chi connectivity index (χ0v) is 13.6. The molecule has 0 spiro atoms. The summed E-state index contributed by atoms with van der Waals surface area (Å²) < 4.78 is 27.4. The summed E-state index contributed by atoms with van der Waals surface area (Å²) >= 11 is 3.26. The van der Waals surface area contributed by atoms with Crippen LogP contribution < -0.4 is 4.72 Å². The van der Waals surface area contributed by atoms with Crippen molar-refractivity contribution in [3.8, 4) is 0 Å². The Bertz CT molecular complexity index is 672. The van der Waals surface area contributed by atoms with Crippen LogP contribution in [0.5, 0.6) is 0 Å². The van der Waals surface area contributed by atoms with E-state index in [0.717, 1.165) is 10.0 Å². The zero-order valence-electron chi connectivity index (χ0n) is 11.2. The lowest BCUT2D eigenvalue weighted by atomic mass is 10.1. The topological polar surface area (TPSA) is 66.4 Å². The molecule has 2 aromatic carbocycles. The molecule has 1 atom stereocenters. The highest BCUT2D eigenvalue weighted by Crippen LogP contribution is 2.17. The molecular weight excluding hydrogens is 354 g/mol. The van der Waals surface area contributed by atoms with Gasteiger partial charge in [0.05, 0.1) is 11.0 Å². The molecular formula is C15H16BrNO3S. The Morgan fingerprint density at radius 3 is 2.29 bits per heavy atom. The molecule has 0 amide bonds. The third-order valence-corrected chi connectivity index (χ3v) is 5.02. The van der Waals surface area contributed by atoms with E-state index in [0.29, 0.717) is 6.42 Å². The van der Waals surface area contributed by atoms with Gasteiger partial charge < -0.3 is 5.11 Å². The van der Waals surface area contributed by atoms with Crippen LogP contribution in [0.3, 0.4) is 0 Å². The molecule has 0 radical (unpaired) electrons. The molecule has 0 saturated carbocycles. The van der Waals surface area contributed by atoms with Crippen LogP contribution in [-0.2, 0) is 10.0 Å². The van der Waals surface area contributed by atoms with Gasteiger partial charge in [0, 0.05) is 11.0 Å². The van der Waals surface area contributed by atoms with Gasteiger partial charge >= 0.3 is 0 Å². The van der Waals surface area contributed by atoms with E-state index in [9.17, 15) is 13.5 Å². The molecule has 4 nitrogen and oxygen atoms in total. The highest BCUT2D eigenvalue weighted by molar-refractivity contribution is 9.10. The molecule has 112 valence electrons. The van der Waals surface area contributed by atoms with Crippen LogP contribution in [-0.4, -0.2) is 20.1 Å². The summed E-state index contributed by atoms with van der Waals surface area (Å²) in [6.07, 6.45) is -0.362. The number of halogens is 1. The normalized spacial score (nSPS) is 13.0. The minimum Gasteiger partial charge on any atom is -0.388 e. The minimum atomic E-state index is -3.54. The van der Waals surface area contributed by atoms with E-state index in [-0.39, 0.29) is 11.4 Å². The zero-order chi connectivity index (χ0) is 15.3. The van der Waals surface area contributed by atoms with Crippen LogP contribution in [0, 0.1) is 0 Å². The standard InChI is InChI=1S/C15H16BrNO3S/c16-13-6-8-14(9-7-13)21(19,20)17-11-10-15(18)12-4-2-1-3-5-12/h1-9,15,17-18H,10-11H2. The van der Waals surface area contributed by atoms with Gasteiger partial charge in [-0.3, -0.25) is 0 Å². The summed E-state index contributed by atoms with van der Waals surface area (Å²) in [6.45, 7) is 0.175. The Hall–Kier alpha value is -1.21. The fraction of sp³-hybridized carbons (Fsp3) is 0.200. The lowest BCUT2D eigenvalue weighted by Gasteiger charge is -2.12. The Morgan fingerprint density at radius 1 is 1.05 bits per heavy atom. The van der Waals surface area contributed by atoms with Crippen molar-refractivity contribution >= 4 is 26.0 Å². The van der Waals surface area contributed by atoms with Gasteiger partial charge in [-0.05, 0) is 36.2 Å². The predicted octanol–water partition coefficient (Wildman–Crippen LogP) is 2.85. The Morgan fingerprint density at radius 2 is 1.67 bits per heavy atom. The molecule has 2 aromatic rings. The quantitative estimate of drug-likeness (QED) is 0.822. The van der Waals surface area contributed by atoms with E-state index in [4.69, 9.17) is 0 Å². The number of hydrogen-bond donors (Lipinski definition) is 2.